The van der Waals surface area contributed by atoms with Gasteiger partial charge in [0.2, 0.25) is 10.0 Å². The smallest absolute Gasteiger partial charge is 0.239 e. The third-order valence-electron chi connectivity index (χ3n) is 4.48. The van der Waals surface area contributed by atoms with Gasteiger partial charge in [0.1, 0.15) is 10.7 Å². The Kier molecular flexibility index (Phi) is 4.94. The van der Waals surface area contributed by atoms with E-state index in [0.717, 1.165) is 25.7 Å². The second-order valence-electron chi connectivity index (χ2n) is 6.17. The van der Waals surface area contributed by atoms with E-state index in [9.17, 15) is 12.8 Å². The average Bonchev–Trinajstić information content (AvgIpc) is 3.21. The van der Waals surface area contributed by atoms with Crippen molar-refractivity contribution in [3.63, 3.8) is 0 Å². The Bertz CT molecular complexity index is 832. The molecule has 24 heavy (non-hydrogen) atoms. The Hall–Kier alpha value is -1.44. The number of hydrogen-bond donors (Lipinski definition) is 1. The molecule has 0 amide bonds. The summed E-state index contributed by atoms with van der Waals surface area (Å²) in [5.74, 6) is -0.206. The summed E-state index contributed by atoms with van der Waals surface area (Å²) in [6.07, 6.45) is 7.02. The monoisotopic (exact) mass is 371 g/mol. The van der Waals surface area contributed by atoms with Crippen LogP contribution in [0.4, 0.5) is 4.39 Å². The summed E-state index contributed by atoms with van der Waals surface area (Å²) >= 11 is 5.65. The zero-order valence-electron chi connectivity index (χ0n) is 13.2. The van der Waals surface area contributed by atoms with Crippen molar-refractivity contribution in [2.24, 2.45) is 5.92 Å². The third kappa shape index (κ3) is 3.63. The highest BCUT2D eigenvalue weighted by atomic mass is 35.5. The molecule has 130 valence electrons. The third-order valence-corrected chi connectivity index (χ3v) is 6.30. The quantitative estimate of drug-likeness (QED) is 0.874. The fourth-order valence-electron chi connectivity index (χ4n) is 3.08. The molecule has 1 aromatic heterocycles. The SMILES string of the molecule is C[C@@H](NS(=O)(=O)c1cnn(-c2ccc(Cl)c(F)c2)c1)C1CCCC1. The summed E-state index contributed by atoms with van der Waals surface area (Å²) in [7, 11) is -3.66. The van der Waals surface area contributed by atoms with Gasteiger partial charge in [-0.2, -0.15) is 5.10 Å². The minimum atomic E-state index is -3.66. The molecule has 0 saturated heterocycles. The van der Waals surface area contributed by atoms with Crippen LogP contribution in [0.5, 0.6) is 0 Å². The predicted molar refractivity (Wildman–Crippen MR) is 90.3 cm³/mol. The summed E-state index contributed by atoms with van der Waals surface area (Å²) in [5, 5.41) is 4.02. The Labute approximate surface area is 145 Å². The van der Waals surface area contributed by atoms with Crippen LogP contribution in [0.1, 0.15) is 32.6 Å². The molecular weight excluding hydrogens is 353 g/mol. The van der Waals surface area contributed by atoms with E-state index in [1.807, 2.05) is 6.92 Å². The molecular formula is C16H19ClFN3O2S. The van der Waals surface area contributed by atoms with Crippen molar-refractivity contribution < 1.29 is 12.8 Å². The molecule has 1 saturated carbocycles. The molecule has 0 aliphatic heterocycles. The molecule has 0 bridgehead atoms. The summed E-state index contributed by atoms with van der Waals surface area (Å²) in [5.41, 5.74) is 0.405. The first-order valence-electron chi connectivity index (χ1n) is 7.89. The number of nitrogens with zero attached hydrogens (tertiary/aromatic N) is 2. The van der Waals surface area contributed by atoms with Crippen LogP contribution < -0.4 is 4.72 Å². The van der Waals surface area contributed by atoms with Crippen molar-refractivity contribution in [3.8, 4) is 5.69 Å². The van der Waals surface area contributed by atoms with E-state index in [1.165, 1.54) is 29.2 Å². The van der Waals surface area contributed by atoms with E-state index in [2.05, 4.69) is 9.82 Å². The van der Waals surface area contributed by atoms with Gasteiger partial charge in [-0.05, 0) is 37.8 Å². The highest BCUT2D eigenvalue weighted by Crippen LogP contribution is 2.28. The molecule has 1 aliphatic carbocycles. The highest BCUT2D eigenvalue weighted by molar-refractivity contribution is 7.89. The van der Waals surface area contributed by atoms with Crippen molar-refractivity contribution in [3.05, 3.63) is 41.4 Å². The predicted octanol–water partition coefficient (Wildman–Crippen LogP) is 3.52. The van der Waals surface area contributed by atoms with Crippen molar-refractivity contribution in [1.82, 2.24) is 14.5 Å². The van der Waals surface area contributed by atoms with Crippen LogP contribution in [0, 0.1) is 11.7 Å². The van der Waals surface area contributed by atoms with E-state index in [1.54, 1.807) is 6.07 Å². The van der Waals surface area contributed by atoms with Gasteiger partial charge >= 0.3 is 0 Å². The first kappa shape index (κ1) is 17.4. The van der Waals surface area contributed by atoms with Crippen LogP contribution in [-0.4, -0.2) is 24.2 Å². The number of benzene rings is 1. The molecule has 1 aliphatic rings. The largest absolute Gasteiger partial charge is 0.243 e. The van der Waals surface area contributed by atoms with E-state index >= 15 is 0 Å². The standard InChI is InChI=1S/C16H19ClFN3O2S/c1-11(12-4-2-3-5-12)20-24(22,23)14-9-19-21(10-14)13-6-7-15(17)16(18)8-13/h6-12,20H,2-5H2,1H3/t11-/m1/s1. The van der Waals surface area contributed by atoms with Crippen LogP contribution >= 0.6 is 11.6 Å². The Balaban J connectivity index is 1.79. The number of sulfonamides is 1. The molecule has 1 aromatic carbocycles. The van der Waals surface area contributed by atoms with Gasteiger partial charge in [-0.3, -0.25) is 0 Å². The van der Waals surface area contributed by atoms with E-state index in [0.29, 0.717) is 11.6 Å². The van der Waals surface area contributed by atoms with Crippen molar-refractivity contribution in [2.45, 2.75) is 43.5 Å². The van der Waals surface area contributed by atoms with E-state index < -0.39 is 15.8 Å². The first-order valence-corrected chi connectivity index (χ1v) is 9.75. The zero-order valence-corrected chi connectivity index (χ0v) is 14.8. The lowest BCUT2D eigenvalue weighted by molar-refractivity contribution is 0.424. The molecule has 8 heteroatoms. The molecule has 0 unspecified atom stereocenters. The fraction of sp³-hybridized carbons (Fsp3) is 0.438. The number of rotatable bonds is 5. The summed E-state index contributed by atoms with van der Waals surface area (Å²) in [6, 6.07) is 4.07. The molecule has 1 fully saturated rings. The van der Waals surface area contributed by atoms with Crippen molar-refractivity contribution >= 4 is 21.6 Å². The molecule has 3 rings (SSSR count). The second-order valence-corrected chi connectivity index (χ2v) is 8.29. The Morgan fingerprint density at radius 2 is 2.08 bits per heavy atom. The van der Waals surface area contributed by atoms with Crippen molar-refractivity contribution in [1.29, 1.82) is 0 Å². The lowest BCUT2D eigenvalue weighted by Gasteiger charge is -2.19. The van der Waals surface area contributed by atoms with Gasteiger partial charge in [0.15, 0.2) is 0 Å². The average molecular weight is 372 g/mol. The number of aromatic nitrogens is 2. The molecule has 0 radical (unpaired) electrons. The van der Waals surface area contributed by atoms with Gasteiger partial charge in [-0.15, -0.1) is 0 Å². The lowest BCUT2D eigenvalue weighted by Crippen LogP contribution is -2.37. The van der Waals surface area contributed by atoms with Crippen molar-refractivity contribution in [2.75, 3.05) is 0 Å². The van der Waals surface area contributed by atoms with Gasteiger partial charge in [0, 0.05) is 12.1 Å². The number of halogens is 2. The normalized spacial score (nSPS) is 17.3. The lowest BCUT2D eigenvalue weighted by atomic mass is 10.0. The first-order chi connectivity index (χ1) is 11.4. The number of nitrogens with one attached hydrogen (secondary N) is 1. The Morgan fingerprint density at radius 1 is 1.38 bits per heavy atom. The molecule has 1 heterocycles. The Morgan fingerprint density at radius 3 is 2.75 bits per heavy atom. The van der Waals surface area contributed by atoms with Gasteiger partial charge in [-0.25, -0.2) is 22.2 Å². The zero-order chi connectivity index (χ0) is 17.3. The van der Waals surface area contributed by atoms with Crippen LogP contribution in [0.25, 0.3) is 5.69 Å². The molecule has 5 nitrogen and oxygen atoms in total. The maximum absolute atomic E-state index is 13.5. The maximum atomic E-state index is 13.5. The summed E-state index contributed by atoms with van der Waals surface area (Å²) in [4.78, 5) is 0.0581. The number of hydrogen-bond acceptors (Lipinski definition) is 3. The minimum Gasteiger partial charge on any atom is -0.239 e. The van der Waals surface area contributed by atoms with Gasteiger partial charge in [-0.1, -0.05) is 24.4 Å². The molecule has 2 aromatic rings. The van der Waals surface area contributed by atoms with Gasteiger partial charge in [0.05, 0.1) is 23.1 Å². The van der Waals surface area contributed by atoms with Crippen LogP contribution in [0.3, 0.4) is 0 Å². The van der Waals surface area contributed by atoms with Gasteiger partial charge < -0.3 is 0 Å². The maximum Gasteiger partial charge on any atom is 0.243 e. The van der Waals surface area contributed by atoms with Crippen LogP contribution in [0.2, 0.25) is 5.02 Å². The highest BCUT2D eigenvalue weighted by Gasteiger charge is 2.27. The van der Waals surface area contributed by atoms with E-state index in [-0.39, 0.29) is 16.0 Å². The fourth-order valence-corrected chi connectivity index (χ4v) is 4.44. The molecule has 1 N–H and O–H groups in total. The van der Waals surface area contributed by atoms with Crippen LogP contribution in [0.15, 0.2) is 35.5 Å². The topological polar surface area (TPSA) is 64.0 Å². The van der Waals surface area contributed by atoms with Crippen LogP contribution in [-0.2, 0) is 10.0 Å². The molecule has 1 atom stereocenters. The molecule has 0 spiro atoms. The minimum absolute atomic E-state index is 0.00538. The summed E-state index contributed by atoms with van der Waals surface area (Å²) in [6.45, 7) is 1.90. The van der Waals surface area contributed by atoms with E-state index in [4.69, 9.17) is 11.6 Å². The van der Waals surface area contributed by atoms with Gasteiger partial charge in [0.25, 0.3) is 0 Å². The summed E-state index contributed by atoms with van der Waals surface area (Å²) < 4.78 is 42.6. The second kappa shape index (κ2) is 6.82.